The van der Waals surface area contributed by atoms with Crippen LogP contribution in [0.2, 0.25) is 0 Å². The summed E-state index contributed by atoms with van der Waals surface area (Å²) in [5.74, 6) is 0. The van der Waals surface area contributed by atoms with Crippen molar-refractivity contribution >= 4 is 15.8 Å². The molecule has 0 heterocycles. The zero-order valence-electron chi connectivity index (χ0n) is 31.8. The molecule has 1 aromatic rings. The third kappa shape index (κ3) is 22.4. The lowest BCUT2D eigenvalue weighted by atomic mass is 10.0. The molecule has 0 fully saturated rings. The maximum Gasteiger partial charge on any atom is 0.300 e. The van der Waals surface area contributed by atoms with Crippen LogP contribution in [0.1, 0.15) is 213 Å². The normalized spacial score (nSPS) is 12.3. The molecule has 0 aromatic heterocycles. The van der Waals surface area contributed by atoms with E-state index in [0.717, 1.165) is 44.6 Å². The molecule has 1 aromatic carbocycles. The zero-order valence-corrected chi connectivity index (χ0v) is 32.6. The van der Waals surface area contributed by atoms with Crippen LogP contribution in [-0.2, 0) is 10.1 Å². The van der Waals surface area contributed by atoms with E-state index in [-0.39, 0.29) is 4.90 Å². The van der Waals surface area contributed by atoms with Gasteiger partial charge in [-0.3, -0.25) is 9.04 Å². The first-order valence-corrected chi connectivity index (χ1v) is 22.3. The first-order chi connectivity index (χ1) is 22.9. The van der Waals surface area contributed by atoms with E-state index < -0.39 is 10.1 Å². The van der Waals surface area contributed by atoms with Crippen LogP contribution in [0.15, 0.2) is 29.2 Å². The van der Waals surface area contributed by atoms with E-state index in [1.807, 2.05) is 12.1 Å². The highest BCUT2D eigenvalue weighted by Gasteiger charge is 2.35. The van der Waals surface area contributed by atoms with Crippen molar-refractivity contribution < 1.29 is 13.0 Å². The van der Waals surface area contributed by atoms with E-state index >= 15 is 0 Å². The summed E-state index contributed by atoms with van der Waals surface area (Å²) in [5, 5.41) is 0. The quantitative estimate of drug-likeness (QED) is 0.0441. The molecule has 0 amide bonds. The number of unbranched alkanes of at least 4 members (excludes halogenated alkanes) is 27. The van der Waals surface area contributed by atoms with Gasteiger partial charge in [0.25, 0.3) is 10.1 Å². The molecular weight excluding hydrogens is 599 g/mol. The van der Waals surface area contributed by atoms with Crippen molar-refractivity contribution in [3.8, 4) is 0 Å². The average Bonchev–Trinajstić information content (AvgIpc) is 3.06. The maximum absolute atomic E-state index is 12.7. The van der Waals surface area contributed by atoms with Gasteiger partial charge < -0.3 is 0 Å². The number of hydrogen-bond donors (Lipinski definition) is 1. The lowest BCUT2D eigenvalue weighted by Gasteiger charge is -2.39. The Kier molecular flexibility index (Phi) is 28.1. The summed E-state index contributed by atoms with van der Waals surface area (Å²) in [4.78, 5) is 0.131. The van der Waals surface area contributed by atoms with Gasteiger partial charge in [-0.1, -0.05) is 187 Å². The Balaban J connectivity index is 2.87. The van der Waals surface area contributed by atoms with E-state index in [4.69, 9.17) is 0 Å². The monoisotopic (exact) mass is 679 g/mol. The van der Waals surface area contributed by atoms with E-state index in [0.29, 0.717) is 4.48 Å². The van der Waals surface area contributed by atoms with Gasteiger partial charge in [-0.25, -0.2) is 0 Å². The van der Waals surface area contributed by atoms with Crippen LogP contribution in [0.5, 0.6) is 0 Å². The SMILES string of the molecule is CCCCCCCCCCCC[N+](CCCCCCCCCCCC)(CCCCCCCCCCCC)c1ccccc1S(=O)(=O)O. The average molecular weight is 679 g/mol. The second-order valence-electron chi connectivity index (χ2n) is 14.8. The topological polar surface area (TPSA) is 54.4 Å². The minimum atomic E-state index is -4.29. The molecule has 47 heavy (non-hydrogen) atoms. The molecule has 0 aliphatic rings. The predicted octanol–water partition coefficient (Wildman–Crippen LogP) is 14.0. The minimum absolute atomic E-state index is 0.131. The molecule has 4 nitrogen and oxygen atoms in total. The number of nitrogens with zero attached hydrogens (tertiary/aromatic N) is 1. The molecule has 5 heteroatoms. The van der Waals surface area contributed by atoms with Crippen molar-refractivity contribution in [1.29, 1.82) is 0 Å². The Morgan fingerprint density at radius 3 is 0.957 bits per heavy atom. The largest absolute Gasteiger partial charge is 0.300 e. The molecule has 0 radical (unpaired) electrons. The summed E-state index contributed by atoms with van der Waals surface area (Å²) < 4.78 is 36.4. The summed E-state index contributed by atoms with van der Waals surface area (Å²) in [5.41, 5.74) is 0.831. The summed E-state index contributed by atoms with van der Waals surface area (Å²) in [7, 11) is -4.29. The Morgan fingerprint density at radius 2 is 0.681 bits per heavy atom. The van der Waals surface area contributed by atoms with Crippen molar-refractivity contribution in [2.75, 3.05) is 19.6 Å². The van der Waals surface area contributed by atoms with Crippen molar-refractivity contribution in [1.82, 2.24) is 4.48 Å². The lowest BCUT2D eigenvalue weighted by Crippen LogP contribution is -2.52. The highest BCUT2D eigenvalue weighted by molar-refractivity contribution is 7.86. The van der Waals surface area contributed by atoms with Crippen LogP contribution in [0.4, 0.5) is 5.69 Å². The van der Waals surface area contributed by atoms with Crippen LogP contribution < -0.4 is 4.48 Å². The maximum atomic E-state index is 12.7. The fourth-order valence-corrected chi connectivity index (χ4v) is 8.25. The molecule has 0 atom stereocenters. The van der Waals surface area contributed by atoms with Gasteiger partial charge in [0, 0.05) is 6.07 Å². The molecule has 0 aliphatic heterocycles. The fraction of sp³-hybridized carbons (Fsp3) is 0.857. The second kappa shape index (κ2) is 30.0. The molecule has 1 rings (SSSR count). The number of hydrogen-bond acceptors (Lipinski definition) is 2. The van der Waals surface area contributed by atoms with Gasteiger partial charge in [0.1, 0.15) is 0 Å². The van der Waals surface area contributed by atoms with Crippen LogP contribution in [0.3, 0.4) is 0 Å². The Hall–Kier alpha value is -0.910. The number of benzene rings is 1. The minimum Gasteiger partial charge on any atom is -0.290 e. The molecule has 276 valence electrons. The van der Waals surface area contributed by atoms with Crippen LogP contribution in [-0.4, -0.2) is 32.6 Å². The smallest absolute Gasteiger partial charge is 0.290 e. The zero-order chi connectivity index (χ0) is 34.3. The van der Waals surface area contributed by atoms with Crippen LogP contribution in [0.25, 0.3) is 0 Å². The van der Waals surface area contributed by atoms with Crippen molar-refractivity contribution in [2.24, 2.45) is 0 Å². The Labute approximate surface area is 294 Å². The Bertz CT molecular complexity index is 872. The molecular formula is C42H80NO3S+. The molecule has 0 saturated heterocycles. The van der Waals surface area contributed by atoms with Gasteiger partial charge in [-0.2, -0.15) is 8.42 Å². The molecule has 0 saturated carbocycles. The van der Waals surface area contributed by atoms with E-state index in [1.165, 1.54) is 173 Å². The van der Waals surface area contributed by atoms with E-state index in [2.05, 4.69) is 20.8 Å². The first kappa shape index (κ1) is 44.1. The second-order valence-corrected chi connectivity index (χ2v) is 16.2. The lowest BCUT2D eigenvalue weighted by molar-refractivity contribution is 0.248. The van der Waals surface area contributed by atoms with E-state index in [1.54, 1.807) is 12.1 Å². The van der Waals surface area contributed by atoms with Gasteiger partial charge in [-0.15, -0.1) is 0 Å². The van der Waals surface area contributed by atoms with E-state index in [9.17, 15) is 13.0 Å². The predicted molar refractivity (Wildman–Crippen MR) is 208 cm³/mol. The third-order valence-electron chi connectivity index (χ3n) is 10.5. The van der Waals surface area contributed by atoms with Crippen molar-refractivity contribution in [3.05, 3.63) is 24.3 Å². The van der Waals surface area contributed by atoms with Crippen molar-refractivity contribution in [2.45, 2.75) is 218 Å². The standard InChI is InChI=1S/C42H79NO3S/c1-4-7-10-13-16-19-22-25-28-33-38-43(41-36-31-32-37-42(41)47(44,45)46,39-34-29-26-23-20-17-14-11-8-5-2)40-35-30-27-24-21-18-15-12-9-6-3/h31-32,36-37H,4-30,33-35,38-40H2,1-3H3/p+1. The number of quaternary nitrogens is 1. The number of para-hydroxylation sites is 1. The van der Waals surface area contributed by atoms with Gasteiger partial charge in [0.2, 0.25) is 0 Å². The molecule has 0 unspecified atom stereocenters. The highest BCUT2D eigenvalue weighted by atomic mass is 32.2. The summed E-state index contributed by atoms with van der Waals surface area (Å²) >= 11 is 0. The number of rotatable bonds is 35. The van der Waals surface area contributed by atoms with Gasteiger partial charge >= 0.3 is 0 Å². The molecule has 0 bridgehead atoms. The summed E-state index contributed by atoms with van der Waals surface area (Å²) in [6.45, 7) is 9.74. The molecule has 0 aliphatic carbocycles. The van der Waals surface area contributed by atoms with Crippen LogP contribution >= 0.6 is 0 Å². The fourth-order valence-electron chi connectivity index (χ4n) is 7.47. The van der Waals surface area contributed by atoms with Crippen molar-refractivity contribution in [3.63, 3.8) is 0 Å². The first-order valence-electron chi connectivity index (χ1n) is 20.8. The van der Waals surface area contributed by atoms with Gasteiger partial charge in [-0.05, 0) is 44.6 Å². The summed E-state index contributed by atoms with van der Waals surface area (Å²) in [6.07, 6.45) is 39.1. The third-order valence-corrected chi connectivity index (χ3v) is 11.4. The molecule has 0 spiro atoms. The van der Waals surface area contributed by atoms with Gasteiger partial charge in [0.15, 0.2) is 10.6 Å². The summed E-state index contributed by atoms with van der Waals surface area (Å²) in [6, 6.07) is 7.38. The van der Waals surface area contributed by atoms with Gasteiger partial charge in [0.05, 0.1) is 19.6 Å². The Morgan fingerprint density at radius 1 is 0.426 bits per heavy atom. The molecule has 1 N–H and O–H groups in total. The van der Waals surface area contributed by atoms with Crippen LogP contribution in [0, 0.1) is 0 Å². The highest BCUT2D eigenvalue weighted by Crippen LogP contribution is 2.34.